The predicted molar refractivity (Wildman–Crippen MR) is 63.3 cm³/mol. The molecule has 3 heteroatoms. The molecule has 2 rings (SSSR count). The summed E-state index contributed by atoms with van der Waals surface area (Å²) in [4.78, 5) is 4.47. The fourth-order valence-electron chi connectivity index (χ4n) is 1.91. The Morgan fingerprint density at radius 1 is 1.25 bits per heavy atom. The van der Waals surface area contributed by atoms with Crippen molar-refractivity contribution in [3.05, 3.63) is 53.2 Å². The van der Waals surface area contributed by atoms with E-state index in [-0.39, 0.29) is 6.04 Å². The van der Waals surface area contributed by atoms with Gasteiger partial charge in [0.2, 0.25) is 0 Å². The largest absolute Gasteiger partial charge is 0.467 e. The van der Waals surface area contributed by atoms with Crippen LogP contribution in [0.4, 0.5) is 0 Å². The molecule has 0 aliphatic rings. The monoisotopic (exact) mass is 216 g/mol. The van der Waals surface area contributed by atoms with Crippen LogP contribution < -0.4 is 5.32 Å². The summed E-state index contributed by atoms with van der Waals surface area (Å²) in [5.41, 5.74) is 3.23. The van der Waals surface area contributed by atoms with E-state index in [9.17, 15) is 0 Å². The van der Waals surface area contributed by atoms with E-state index in [0.29, 0.717) is 0 Å². The zero-order valence-corrected chi connectivity index (χ0v) is 9.82. The smallest absolute Gasteiger partial charge is 0.125 e. The summed E-state index contributed by atoms with van der Waals surface area (Å²) in [6.07, 6.45) is 1.69. The number of nitrogens with zero attached hydrogens (tertiary/aromatic N) is 1. The summed E-state index contributed by atoms with van der Waals surface area (Å²) >= 11 is 0. The van der Waals surface area contributed by atoms with Gasteiger partial charge in [0, 0.05) is 11.4 Å². The number of hydrogen-bond donors (Lipinski definition) is 1. The first-order valence-electron chi connectivity index (χ1n) is 5.37. The van der Waals surface area contributed by atoms with Crippen molar-refractivity contribution in [3.8, 4) is 0 Å². The lowest BCUT2D eigenvalue weighted by Gasteiger charge is -2.16. The minimum absolute atomic E-state index is 0.0723. The molecule has 0 fully saturated rings. The Kier molecular flexibility index (Phi) is 3.06. The maximum Gasteiger partial charge on any atom is 0.125 e. The fourth-order valence-corrected chi connectivity index (χ4v) is 1.91. The Balaban J connectivity index is 2.41. The number of nitrogens with one attached hydrogen (secondary N) is 1. The Morgan fingerprint density at radius 2 is 2.06 bits per heavy atom. The summed E-state index contributed by atoms with van der Waals surface area (Å²) in [5.74, 6) is 0.913. The molecule has 0 amide bonds. The van der Waals surface area contributed by atoms with Crippen molar-refractivity contribution in [2.45, 2.75) is 19.9 Å². The van der Waals surface area contributed by atoms with E-state index in [1.165, 1.54) is 0 Å². The predicted octanol–water partition coefficient (Wildman–Crippen LogP) is 2.60. The van der Waals surface area contributed by atoms with Crippen LogP contribution >= 0.6 is 0 Å². The third-order valence-corrected chi connectivity index (χ3v) is 2.69. The van der Waals surface area contributed by atoms with E-state index in [0.717, 1.165) is 22.7 Å². The number of hydrogen-bond acceptors (Lipinski definition) is 3. The molecule has 16 heavy (non-hydrogen) atoms. The van der Waals surface area contributed by atoms with Crippen molar-refractivity contribution in [1.29, 1.82) is 0 Å². The quantitative estimate of drug-likeness (QED) is 0.857. The standard InChI is InChI=1S/C13H16N2O/c1-9-6-7-11(10(2)15-9)13(14-3)12-5-4-8-16-12/h4-8,13-14H,1-3H3. The SMILES string of the molecule is CNC(c1ccco1)c1ccc(C)nc1C. The molecule has 1 N–H and O–H groups in total. The van der Waals surface area contributed by atoms with Crippen molar-refractivity contribution in [1.82, 2.24) is 10.3 Å². The fraction of sp³-hybridized carbons (Fsp3) is 0.308. The molecule has 3 nitrogen and oxygen atoms in total. The van der Waals surface area contributed by atoms with Crippen LogP contribution in [0.2, 0.25) is 0 Å². The highest BCUT2D eigenvalue weighted by Crippen LogP contribution is 2.24. The zero-order chi connectivity index (χ0) is 11.5. The van der Waals surface area contributed by atoms with E-state index in [1.54, 1.807) is 6.26 Å². The summed E-state index contributed by atoms with van der Waals surface area (Å²) in [7, 11) is 1.92. The van der Waals surface area contributed by atoms with Crippen LogP contribution in [0.5, 0.6) is 0 Å². The van der Waals surface area contributed by atoms with Gasteiger partial charge in [-0.05, 0) is 44.7 Å². The Morgan fingerprint density at radius 3 is 2.62 bits per heavy atom. The Hall–Kier alpha value is -1.61. The number of aromatic nitrogens is 1. The lowest BCUT2D eigenvalue weighted by atomic mass is 10.0. The molecule has 0 aliphatic heterocycles. The molecular weight excluding hydrogens is 200 g/mol. The van der Waals surface area contributed by atoms with E-state index in [1.807, 2.05) is 39.1 Å². The van der Waals surface area contributed by atoms with Gasteiger partial charge in [-0.1, -0.05) is 6.07 Å². The minimum Gasteiger partial charge on any atom is -0.467 e. The van der Waals surface area contributed by atoms with E-state index in [4.69, 9.17) is 4.42 Å². The van der Waals surface area contributed by atoms with Gasteiger partial charge in [-0.3, -0.25) is 4.98 Å². The number of pyridine rings is 1. The van der Waals surface area contributed by atoms with Crippen LogP contribution in [0.25, 0.3) is 0 Å². The van der Waals surface area contributed by atoms with Gasteiger partial charge >= 0.3 is 0 Å². The van der Waals surface area contributed by atoms with Gasteiger partial charge in [0.15, 0.2) is 0 Å². The molecule has 1 atom stereocenters. The average molecular weight is 216 g/mol. The average Bonchev–Trinajstić information content (AvgIpc) is 2.75. The normalized spacial score (nSPS) is 12.7. The van der Waals surface area contributed by atoms with Gasteiger partial charge in [-0.2, -0.15) is 0 Å². The first-order valence-corrected chi connectivity index (χ1v) is 5.37. The summed E-state index contributed by atoms with van der Waals surface area (Å²) in [5, 5.41) is 3.25. The van der Waals surface area contributed by atoms with Gasteiger partial charge in [0.1, 0.15) is 5.76 Å². The second-order valence-electron chi connectivity index (χ2n) is 3.86. The molecule has 0 spiro atoms. The molecule has 0 saturated heterocycles. The lowest BCUT2D eigenvalue weighted by molar-refractivity contribution is 0.462. The maximum absolute atomic E-state index is 5.44. The second-order valence-corrected chi connectivity index (χ2v) is 3.86. The minimum atomic E-state index is 0.0723. The molecule has 0 aliphatic carbocycles. The molecule has 2 heterocycles. The van der Waals surface area contributed by atoms with Crippen LogP contribution in [0.1, 0.15) is 28.8 Å². The van der Waals surface area contributed by atoms with Crippen molar-refractivity contribution in [2.75, 3.05) is 7.05 Å². The van der Waals surface area contributed by atoms with Crippen molar-refractivity contribution in [2.24, 2.45) is 0 Å². The molecule has 0 radical (unpaired) electrons. The van der Waals surface area contributed by atoms with Gasteiger partial charge in [0.25, 0.3) is 0 Å². The number of aryl methyl sites for hydroxylation is 2. The van der Waals surface area contributed by atoms with Gasteiger partial charge < -0.3 is 9.73 Å². The molecule has 0 bridgehead atoms. The molecule has 2 aromatic rings. The first kappa shape index (κ1) is 10.9. The molecule has 0 saturated carbocycles. The number of rotatable bonds is 3. The summed E-state index contributed by atoms with van der Waals surface area (Å²) in [6, 6.07) is 8.07. The Bertz CT molecular complexity index is 463. The van der Waals surface area contributed by atoms with Crippen molar-refractivity contribution in [3.63, 3.8) is 0 Å². The topological polar surface area (TPSA) is 38.1 Å². The highest BCUT2D eigenvalue weighted by atomic mass is 16.3. The third kappa shape index (κ3) is 1.99. The highest BCUT2D eigenvalue weighted by molar-refractivity contribution is 5.30. The molecule has 2 aromatic heterocycles. The van der Waals surface area contributed by atoms with Gasteiger partial charge in [0.05, 0.1) is 12.3 Å². The summed E-state index contributed by atoms with van der Waals surface area (Å²) in [6.45, 7) is 4.02. The van der Waals surface area contributed by atoms with E-state index < -0.39 is 0 Å². The van der Waals surface area contributed by atoms with E-state index in [2.05, 4.69) is 16.4 Å². The van der Waals surface area contributed by atoms with Crippen LogP contribution in [-0.2, 0) is 0 Å². The zero-order valence-electron chi connectivity index (χ0n) is 9.82. The number of furan rings is 1. The van der Waals surface area contributed by atoms with Crippen molar-refractivity contribution >= 4 is 0 Å². The Labute approximate surface area is 95.5 Å². The van der Waals surface area contributed by atoms with Crippen molar-refractivity contribution < 1.29 is 4.42 Å². The molecular formula is C13H16N2O. The maximum atomic E-state index is 5.44. The molecule has 84 valence electrons. The summed E-state index contributed by atoms with van der Waals surface area (Å²) < 4.78 is 5.44. The second kappa shape index (κ2) is 4.49. The highest BCUT2D eigenvalue weighted by Gasteiger charge is 2.17. The van der Waals surface area contributed by atoms with Crippen LogP contribution in [0, 0.1) is 13.8 Å². The van der Waals surface area contributed by atoms with Crippen LogP contribution in [-0.4, -0.2) is 12.0 Å². The third-order valence-electron chi connectivity index (χ3n) is 2.69. The lowest BCUT2D eigenvalue weighted by Crippen LogP contribution is -2.18. The first-order chi connectivity index (χ1) is 7.72. The molecule has 1 unspecified atom stereocenters. The van der Waals surface area contributed by atoms with Gasteiger partial charge in [-0.15, -0.1) is 0 Å². The molecule has 0 aromatic carbocycles. The van der Waals surface area contributed by atoms with Crippen LogP contribution in [0.3, 0.4) is 0 Å². The van der Waals surface area contributed by atoms with Gasteiger partial charge in [-0.25, -0.2) is 0 Å². The van der Waals surface area contributed by atoms with E-state index >= 15 is 0 Å². The van der Waals surface area contributed by atoms with Crippen LogP contribution in [0.15, 0.2) is 34.9 Å².